The van der Waals surface area contributed by atoms with E-state index in [2.05, 4.69) is 0 Å². The van der Waals surface area contributed by atoms with E-state index in [0.29, 0.717) is 19.3 Å². The smallest absolute Gasteiger partial charge is 0.403 e. The van der Waals surface area contributed by atoms with E-state index in [-0.39, 0.29) is 25.1 Å². The van der Waals surface area contributed by atoms with Crippen molar-refractivity contribution >= 4 is 25.1 Å². The van der Waals surface area contributed by atoms with Gasteiger partial charge in [0.2, 0.25) is 7.37 Å². The average Bonchev–Trinajstić information content (AvgIpc) is 3.23. The molecule has 0 spiro atoms. The number of furan rings is 1. The molecule has 1 aromatic heterocycles. The van der Waals surface area contributed by atoms with E-state index in [4.69, 9.17) is 13.8 Å². The van der Waals surface area contributed by atoms with Crippen molar-refractivity contribution in [2.75, 3.05) is 12.7 Å². The second-order valence-electron chi connectivity index (χ2n) is 7.64. The third kappa shape index (κ3) is 5.83. The molecule has 1 aromatic carbocycles. The van der Waals surface area contributed by atoms with Crippen LogP contribution in [-0.2, 0) is 36.5 Å². The molecule has 172 valence electrons. The van der Waals surface area contributed by atoms with Gasteiger partial charge >= 0.3 is 11.9 Å². The molecule has 2 heterocycles. The van der Waals surface area contributed by atoms with Crippen molar-refractivity contribution < 1.29 is 32.9 Å². The molecule has 11 heteroatoms. The van der Waals surface area contributed by atoms with E-state index in [1.54, 1.807) is 0 Å². The fourth-order valence-corrected chi connectivity index (χ4v) is 6.08. The van der Waals surface area contributed by atoms with Crippen LogP contribution in [0.4, 0.5) is 5.88 Å². The second kappa shape index (κ2) is 10.1. The molecule has 2 unspecified atom stereocenters. The number of amides is 1. The van der Waals surface area contributed by atoms with Crippen LogP contribution in [0, 0.1) is 17.0 Å². The van der Waals surface area contributed by atoms with Gasteiger partial charge in [-0.05, 0) is 37.8 Å². The number of nitro groups is 1. The van der Waals surface area contributed by atoms with Gasteiger partial charge in [0, 0.05) is 13.1 Å². The third-order valence-corrected chi connectivity index (χ3v) is 8.01. The van der Waals surface area contributed by atoms with Gasteiger partial charge in [0.05, 0.1) is 12.6 Å². The van der Waals surface area contributed by atoms with Gasteiger partial charge in [-0.25, -0.2) is 0 Å². The van der Waals surface area contributed by atoms with Crippen LogP contribution in [0.1, 0.15) is 36.7 Å². The first-order valence-corrected chi connectivity index (χ1v) is 12.1. The first kappa shape index (κ1) is 23.7. The van der Waals surface area contributed by atoms with Crippen molar-refractivity contribution in [2.45, 2.75) is 45.4 Å². The van der Waals surface area contributed by atoms with Crippen molar-refractivity contribution in [1.29, 1.82) is 0 Å². The van der Waals surface area contributed by atoms with E-state index in [1.807, 2.05) is 31.2 Å². The molecule has 1 amide bonds. The Labute approximate surface area is 185 Å². The zero-order valence-corrected chi connectivity index (χ0v) is 18.8. The number of carbonyl (C=O) groups excluding carboxylic acids is 2. The lowest BCUT2D eigenvalue weighted by molar-refractivity contribution is -0.402. The molecule has 0 radical (unpaired) electrons. The highest BCUT2D eigenvalue weighted by atomic mass is 31.2. The predicted molar refractivity (Wildman–Crippen MR) is 114 cm³/mol. The Morgan fingerprint density at radius 2 is 2.00 bits per heavy atom. The topological polar surface area (TPSA) is 129 Å². The molecule has 3 rings (SSSR count). The van der Waals surface area contributed by atoms with Crippen molar-refractivity contribution in [2.24, 2.45) is 0 Å². The van der Waals surface area contributed by atoms with Crippen molar-refractivity contribution in [3.63, 3.8) is 0 Å². The molecule has 0 aliphatic carbocycles. The summed E-state index contributed by atoms with van der Waals surface area (Å²) in [6.45, 7) is 3.09. The first-order chi connectivity index (χ1) is 15.2. The molecule has 0 bridgehead atoms. The van der Waals surface area contributed by atoms with Gasteiger partial charge in [-0.1, -0.05) is 29.8 Å². The molecule has 10 nitrogen and oxygen atoms in total. The summed E-state index contributed by atoms with van der Waals surface area (Å²) >= 11 is 0. The second-order valence-corrected chi connectivity index (χ2v) is 10.4. The van der Waals surface area contributed by atoms with E-state index < -0.39 is 35.7 Å². The molecule has 2 aromatic rings. The lowest BCUT2D eigenvalue weighted by atomic mass is 10.1. The molecule has 1 fully saturated rings. The fourth-order valence-electron chi connectivity index (χ4n) is 3.50. The highest BCUT2D eigenvalue weighted by molar-refractivity contribution is 7.60. The molecule has 1 saturated heterocycles. The van der Waals surface area contributed by atoms with Gasteiger partial charge in [-0.2, -0.15) is 5.06 Å². The minimum Gasteiger partial charge on any atom is -0.403 e. The van der Waals surface area contributed by atoms with Gasteiger partial charge in [0.1, 0.15) is 22.9 Å². The van der Waals surface area contributed by atoms with Crippen molar-refractivity contribution in [3.8, 4) is 0 Å². The molecule has 0 saturated carbocycles. The summed E-state index contributed by atoms with van der Waals surface area (Å²) in [5.74, 6) is -1.53. The summed E-state index contributed by atoms with van der Waals surface area (Å²) in [5.41, 5.74) is 1.05. The summed E-state index contributed by atoms with van der Waals surface area (Å²) in [5, 5.41) is 11.8. The standard InChI is InChI=1S/C21H25N2O8P/c1-15-5-7-17(8-6-15)11-13-32(28,29-14-18-9-10-20(30-18)23(26)27)19-4-3-12-22(21(19)25)31-16(2)24/h5-10,19H,3-4,11-14H2,1-2H3. The SMILES string of the molecule is CC(=O)ON1CCCC(P(=O)(CCc2ccc(C)cc2)OCc2ccc([N+](=O)[O-])o2)C1=O. The Hall–Kier alpha value is -2.97. The zero-order chi connectivity index (χ0) is 23.3. The van der Waals surface area contributed by atoms with Crippen LogP contribution in [-0.4, -0.2) is 40.2 Å². The van der Waals surface area contributed by atoms with Crippen LogP contribution in [0.25, 0.3) is 0 Å². The van der Waals surface area contributed by atoms with Crippen LogP contribution in [0.15, 0.2) is 40.8 Å². The van der Waals surface area contributed by atoms with Gasteiger partial charge < -0.3 is 13.8 Å². The third-order valence-electron chi connectivity index (χ3n) is 5.17. The van der Waals surface area contributed by atoms with E-state index in [9.17, 15) is 24.3 Å². The van der Waals surface area contributed by atoms with E-state index in [0.717, 1.165) is 16.2 Å². The lowest BCUT2D eigenvalue weighted by Crippen LogP contribution is -2.45. The number of benzene rings is 1. The molecular formula is C21H25N2O8P. The highest BCUT2D eigenvalue weighted by Gasteiger charge is 2.44. The Morgan fingerprint density at radius 1 is 1.28 bits per heavy atom. The number of hydrogen-bond acceptors (Lipinski definition) is 8. The maximum atomic E-state index is 14.0. The summed E-state index contributed by atoms with van der Waals surface area (Å²) < 4.78 is 24.8. The Kier molecular flexibility index (Phi) is 7.48. The number of carbonyl (C=O) groups is 2. The number of nitrogens with zero attached hydrogens (tertiary/aromatic N) is 2. The van der Waals surface area contributed by atoms with Gasteiger partial charge in [0.25, 0.3) is 5.91 Å². The highest BCUT2D eigenvalue weighted by Crippen LogP contribution is 2.56. The maximum Gasteiger partial charge on any atom is 0.433 e. The number of rotatable bonds is 9. The van der Waals surface area contributed by atoms with Crippen LogP contribution in [0.2, 0.25) is 0 Å². The molecule has 2 atom stereocenters. The molecule has 0 N–H and O–H groups in total. The predicted octanol–water partition coefficient (Wildman–Crippen LogP) is 4.00. The minimum absolute atomic E-state index is 0.0865. The molecule has 32 heavy (non-hydrogen) atoms. The number of hydroxylamine groups is 2. The van der Waals surface area contributed by atoms with E-state index in [1.165, 1.54) is 19.1 Å². The maximum absolute atomic E-state index is 14.0. The Morgan fingerprint density at radius 3 is 2.62 bits per heavy atom. The number of piperidine rings is 1. The quantitative estimate of drug-likeness (QED) is 0.309. The largest absolute Gasteiger partial charge is 0.433 e. The summed E-state index contributed by atoms with van der Waals surface area (Å²) in [6.07, 6.45) is 1.31. The fraction of sp³-hybridized carbons (Fsp3) is 0.429. The van der Waals surface area contributed by atoms with Gasteiger partial charge in [-0.3, -0.25) is 24.3 Å². The Bertz CT molecular complexity index is 1030. The van der Waals surface area contributed by atoms with Crippen molar-refractivity contribution in [3.05, 3.63) is 63.4 Å². The minimum atomic E-state index is -3.60. The average molecular weight is 464 g/mol. The van der Waals surface area contributed by atoms with Crippen LogP contribution >= 0.6 is 7.37 Å². The van der Waals surface area contributed by atoms with Crippen LogP contribution < -0.4 is 0 Å². The molecule has 1 aliphatic heterocycles. The molecular weight excluding hydrogens is 439 g/mol. The normalized spacial score (nSPS) is 18.2. The zero-order valence-electron chi connectivity index (χ0n) is 17.9. The lowest BCUT2D eigenvalue weighted by Gasteiger charge is -2.34. The monoisotopic (exact) mass is 464 g/mol. The first-order valence-electron chi connectivity index (χ1n) is 10.2. The summed E-state index contributed by atoms with van der Waals surface area (Å²) in [6, 6.07) is 10.3. The summed E-state index contributed by atoms with van der Waals surface area (Å²) in [4.78, 5) is 39.4. The summed E-state index contributed by atoms with van der Waals surface area (Å²) in [7, 11) is -3.60. The van der Waals surface area contributed by atoms with Crippen LogP contribution in [0.3, 0.4) is 0 Å². The number of aryl methyl sites for hydroxylation is 2. The van der Waals surface area contributed by atoms with Crippen LogP contribution in [0.5, 0.6) is 0 Å². The van der Waals surface area contributed by atoms with E-state index >= 15 is 0 Å². The Balaban J connectivity index is 1.80. The van der Waals surface area contributed by atoms with Gasteiger partial charge in [-0.15, -0.1) is 0 Å². The number of hydrogen-bond donors (Lipinski definition) is 0. The molecule has 1 aliphatic rings. The van der Waals surface area contributed by atoms with Gasteiger partial charge in [0.15, 0.2) is 0 Å². The van der Waals surface area contributed by atoms with Crippen molar-refractivity contribution in [1.82, 2.24) is 5.06 Å².